The number of nitrogens with one attached hydrogen (secondary N) is 1. The Morgan fingerprint density at radius 2 is 1.90 bits per heavy atom. The van der Waals surface area contributed by atoms with E-state index in [2.05, 4.69) is 52.8 Å². The zero-order valence-electron chi connectivity index (χ0n) is 11.3. The molecule has 0 aliphatic heterocycles. The normalized spacial score (nSPS) is 12.1. The Bertz CT molecular complexity index is 786. The first-order chi connectivity index (χ1) is 9.81. The van der Waals surface area contributed by atoms with Crippen molar-refractivity contribution in [2.45, 2.75) is 6.42 Å². The van der Waals surface area contributed by atoms with E-state index in [1.807, 2.05) is 17.8 Å². The van der Waals surface area contributed by atoms with E-state index in [9.17, 15) is 0 Å². The third-order valence-electron chi connectivity index (χ3n) is 3.87. The zero-order valence-corrected chi connectivity index (χ0v) is 11.3. The van der Waals surface area contributed by atoms with Gasteiger partial charge in [-0.3, -0.25) is 0 Å². The topological polar surface area (TPSA) is 29.9 Å². The zero-order chi connectivity index (χ0) is 13.5. The molecular weight excluding hydrogens is 246 g/mol. The quantitative estimate of drug-likeness (QED) is 0.596. The second kappa shape index (κ2) is 4.23. The summed E-state index contributed by atoms with van der Waals surface area (Å²) in [6.45, 7) is 0. The van der Waals surface area contributed by atoms with E-state index in [1.165, 1.54) is 22.3 Å². The molecule has 4 rings (SSSR count). The van der Waals surface area contributed by atoms with Gasteiger partial charge in [-0.1, -0.05) is 30.3 Å². The van der Waals surface area contributed by atoms with E-state index < -0.39 is 0 Å². The summed E-state index contributed by atoms with van der Waals surface area (Å²) in [5.41, 5.74) is 6.60. The van der Waals surface area contributed by atoms with Crippen LogP contribution in [0.5, 0.6) is 0 Å². The number of nitrogens with zero attached hydrogens (tertiary/aromatic N) is 2. The van der Waals surface area contributed by atoms with Crippen molar-refractivity contribution in [3.63, 3.8) is 0 Å². The summed E-state index contributed by atoms with van der Waals surface area (Å²) in [5, 5.41) is 3.36. The molecule has 0 amide bonds. The predicted molar refractivity (Wildman–Crippen MR) is 81.2 cm³/mol. The molecule has 20 heavy (non-hydrogen) atoms. The Hall–Kier alpha value is -2.55. The third kappa shape index (κ3) is 1.71. The lowest BCUT2D eigenvalue weighted by Crippen LogP contribution is -1.98. The molecule has 0 bridgehead atoms. The van der Waals surface area contributed by atoms with Crippen molar-refractivity contribution in [3.05, 3.63) is 66.0 Å². The first kappa shape index (κ1) is 11.3. The van der Waals surface area contributed by atoms with Gasteiger partial charge < -0.3 is 9.88 Å². The van der Waals surface area contributed by atoms with Crippen molar-refractivity contribution in [2.75, 3.05) is 5.32 Å². The summed E-state index contributed by atoms with van der Waals surface area (Å²) in [6, 6.07) is 15.2. The van der Waals surface area contributed by atoms with Gasteiger partial charge in [-0.25, -0.2) is 4.98 Å². The molecule has 1 heterocycles. The van der Waals surface area contributed by atoms with Crippen LogP contribution in [0.15, 0.2) is 54.9 Å². The third-order valence-corrected chi connectivity index (χ3v) is 3.87. The highest BCUT2D eigenvalue weighted by atomic mass is 15.2. The van der Waals surface area contributed by atoms with Crippen LogP contribution in [0.4, 0.5) is 11.6 Å². The molecule has 0 spiro atoms. The monoisotopic (exact) mass is 261 g/mol. The molecule has 0 fully saturated rings. The van der Waals surface area contributed by atoms with Crippen LogP contribution < -0.4 is 5.32 Å². The fourth-order valence-electron chi connectivity index (χ4n) is 2.84. The Morgan fingerprint density at radius 3 is 2.75 bits per heavy atom. The highest BCUT2D eigenvalue weighted by Crippen LogP contribution is 2.37. The number of rotatable bonds is 2. The van der Waals surface area contributed by atoms with Crippen molar-refractivity contribution in [1.82, 2.24) is 9.55 Å². The molecule has 1 aliphatic rings. The van der Waals surface area contributed by atoms with Crippen molar-refractivity contribution >= 4 is 11.6 Å². The summed E-state index contributed by atoms with van der Waals surface area (Å²) in [6.07, 6.45) is 4.75. The number of imidazole rings is 1. The van der Waals surface area contributed by atoms with Gasteiger partial charge in [0.2, 0.25) is 5.95 Å². The smallest absolute Gasteiger partial charge is 0.207 e. The van der Waals surface area contributed by atoms with E-state index in [-0.39, 0.29) is 0 Å². The van der Waals surface area contributed by atoms with E-state index >= 15 is 0 Å². The number of benzene rings is 2. The van der Waals surface area contributed by atoms with Crippen LogP contribution in [-0.2, 0) is 13.5 Å². The molecule has 0 saturated carbocycles. The van der Waals surface area contributed by atoms with Gasteiger partial charge in [0.15, 0.2) is 0 Å². The minimum atomic E-state index is 0.862. The average Bonchev–Trinajstić information content (AvgIpc) is 3.02. The molecule has 1 N–H and O–H groups in total. The van der Waals surface area contributed by atoms with E-state index in [0.717, 1.165) is 18.1 Å². The van der Waals surface area contributed by atoms with Crippen LogP contribution in [-0.4, -0.2) is 9.55 Å². The second-order valence-electron chi connectivity index (χ2n) is 5.19. The number of hydrogen-bond donors (Lipinski definition) is 1. The maximum atomic E-state index is 4.30. The van der Waals surface area contributed by atoms with Gasteiger partial charge in [-0.2, -0.15) is 0 Å². The Morgan fingerprint density at radius 1 is 1.05 bits per heavy atom. The Kier molecular flexibility index (Phi) is 2.39. The number of anilines is 2. The van der Waals surface area contributed by atoms with Gasteiger partial charge in [-0.15, -0.1) is 0 Å². The van der Waals surface area contributed by atoms with Crippen LogP contribution >= 0.6 is 0 Å². The summed E-state index contributed by atoms with van der Waals surface area (Å²) in [7, 11) is 1.98. The summed E-state index contributed by atoms with van der Waals surface area (Å²) in [5.74, 6) is 0.862. The fourth-order valence-corrected chi connectivity index (χ4v) is 2.84. The standard InChI is InChI=1S/C17H15N3/c1-20-9-8-18-17(20)19-14-6-7-16-13(11-14)10-12-4-2-3-5-15(12)16/h2-9,11H,10H2,1H3,(H,18,19). The maximum absolute atomic E-state index is 4.30. The number of hydrogen-bond acceptors (Lipinski definition) is 2. The number of fused-ring (bicyclic) bond motifs is 3. The van der Waals surface area contributed by atoms with Crippen LogP contribution in [0.1, 0.15) is 11.1 Å². The van der Waals surface area contributed by atoms with Crippen LogP contribution in [0.3, 0.4) is 0 Å². The molecule has 3 aromatic rings. The van der Waals surface area contributed by atoms with Gasteiger partial charge in [0.25, 0.3) is 0 Å². The molecule has 2 aromatic carbocycles. The van der Waals surface area contributed by atoms with E-state index in [4.69, 9.17) is 0 Å². The maximum Gasteiger partial charge on any atom is 0.207 e. The van der Waals surface area contributed by atoms with Crippen molar-refractivity contribution < 1.29 is 0 Å². The van der Waals surface area contributed by atoms with Gasteiger partial charge in [-0.05, 0) is 40.8 Å². The molecule has 98 valence electrons. The lowest BCUT2D eigenvalue weighted by Gasteiger charge is -2.08. The molecule has 3 heteroatoms. The summed E-state index contributed by atoms with van der Waals surface area (Å²) in [4.78, 5) is 4.30. The van der Waals surface area contributed by atoms with Crippen molar-refractivity contribution in [1.29, 1.82) is 0 Å². The minimum Gasteiger partial charge on any atom is -0.326 e. The fraction of sp³-hybridized carbons (Fsp3) is 0.118. The molecule has 0 saturated heterocycles. The average molecular weight is 261 g/mol. The summed E-state index contributed by atoms with van der Waals surface area (Å²) < 4.78 is 1.97. The second-order valence-corrected chi connectivity index (χ2v) is 5.19. The van der Waals surface area contributed by atoms with E-state index in [0.29, 0.717) is 0 Å². The number of aryl methyl sites for hydroxylation is 1. The molecular formula is C17H15N3. The highest BCUT2D eigenvalue weighted by Gasteiger charge is 2.17. The molecule has 3 nitrogen and oxygen atoms in total. The predicted octanol–water partition coefficient (Wildman–Crippen LogP) is 3.73. The Labute approximate surface area is 117 Å². The van der Waals surface area contributed by atoms with Crippen LogP contribution in [0.25, 0.3) is 11.1 Å². The van der Waals surface area contributed by atoms with Crippen molar-refractivity contribution in [2.24, 2.45) is 7.05 Å². The number of aromatic nitrogens is 2. The summed E-state index contributed by atoms with van der Waals surface area (Å²) >= 11 is 0. The van der Waals surface area contributed by atoms with Crippen molar-refractivity contribution in [3.8, 4) is 11.1 Å². The lowest BCUT2D eigenvalue weighted by molar-refractivity contribution is 0.924. The van der Waals surface area contributed by atoms with Gasteiger partial charge >= 0.3 is 0 Å². The molecule has 1 aliphatic carbocycles. The van der Waals surface area contributed by atoms with Gasteiger partial charge in [0.05, 0.1) is 0 Å². The first-order valence-electron chi connectivity index (χ1n) is 6.77. The SMILES string of the molecule is Cn1ccnc1Nc1ccc2c(c1)Cc1ccccc1-2. The Balaban J connectivity index is 1.70. The van der Waals surface area contributed by atoms with Gasteiger partial charge in [0, 0.05) is 25.1 Å². The first-order valence-corrected chi connectivity index (χ1v) is 6.77. The van der Waals surface area contributed by atoms with E-state index in [1.54, 1.807) is 6.20 Å². The largest absolute Gasteiger partial charge is 0.326 e. The molecule has 1 aromatic heterocycles. The molecule has 0 atom stereocenters. The lowest BCUT2D eigenvalue weighted by atomic mass is 10.1. The minimum absolute atomic E-state index is 0.862. The van der Waals surface area contributed by atoms with Crippen LogP contribution in [0.2, 0.25) is 0 Å². The van der Waals surface area contributed by atoms with Crippen LogP contribution in [0, 0.1) is 0 Å². The molecule has 0 unspecified atom stereocenters. The highest BCUT2D eigenvalue weighted by molar-refractivity contribution is 5.79. The molecule has 0 radical (unpaired) electrons. The van der Waals surface area contributed by atoms with Gasteiger partial charge in [0.1, 0.15) is 0 Å².